The monoisotopic (exact) mass is 474 g/mol. The first-order valence-corrected chi connectivity index (χ1v) is 12.2. The van der Waals surface area contributed by atoms with Crippen LogP contribution in [0.2, 0.25) is 0 Å². The van der Waals surface area contributed by atoms with E-state index >= 15 is 0 Å². The number of carboxylic acids is 1. The van der Waals surface area contributed by atoms with Crippen LogP contribution in [-0.4, -0.2) is 34.3 Å². The van der Waals surface area contributed by atoms with Gasteiger partial charge in [0.25, 0.3) is 0 Å². The summed E-state index contributed by atoms with van der Waals surface area (Å²) in [6, 6.07) is 13.6. The molecule has 1 aliphatic rings. The maximum atomic E-state index is 11.4. The van der Waals surface area contributed by atoms with Crippen LogP contribution in [0.1, 0.15) is 54.8 Å². The molecule has 2 heterocycles. The zero-order chi connectivity index (χ0) is 24.4. The van der Waals surface area contributed by atoms with Gasteiger partial charge in [0.2, 0.25) is 5.89 Å². The highest BCUT2D eigenvalue weighted by molar-refractivity contribution is 5.88. The van der Waals surface area contributed by atoms with Gasteiger partial charge in [-0.2, -0.15) is 0 Å². The van der Waals surface area contributed by atoms with Gasteiger partial charge in [-0.25, -0.2) is 4.98 Å². The number of carboxylic acid groups (broad SMARTS) is 1. The number of aliphatic carboxylic acids is 1. The minimum Gasteiger partial charge on any atom is -0.493 e. The van der Waals surface area contributed by atoms with Crippen LogP contribution in [0.15, 0.2) is 46.9 Å². The first-order chi connectivity index (χ1) is 17.0. The predicted molar refractivity (Wildman–Crippen MR) is 133 cm³/mol. The number of ether oxygens (including phenoxy) is 2. The van der Waals surface area contributed by atoms with Crippen LogP contribution in [0.4, 0.5) is 0 Å². The van der Waals surface area contributed by atoms with Crippen molar-refractivity contribution in [1.29, 1.82) is 0 Å². The van der Waals surface area contributed by atoms with Gasteiger partial charge in [0.15, 0.2) is 0 Å². The Morgan fingerprint density at radius 1 is 1.09 bits per heavy atom. The first kappa shape index (κ1) is 23.0. The zero-order valence-corrected chi connectivity index (χ0v) is 20.1. The van der Waals surface area contributed by atoms with Gasteiger partial charge in [-0.15, -0.1) is 0 Å². The number of rotatable bonds is 9. The number of hydrogen-bond donors (Lipinski definition) is 2. The second kappa shape index (κ2) is 9.86. The molecular formula is C28H30N2O5. The molecule has 7 heteroatoms. The second-order valence-electron chi connectivity index (χ2n) is 9.10. The van der Waals surface area contributed by atoms with Crippen LogP contribution >= 0.6 is 0 Å². The van der Waals surface area contributed by atoms with Crippen molar-refractivity contribution < 1.29 is 23.8 Å². The van der Waals surface area contributed by atoms with Crippen molar-refractivity contribution in [2.75, 3.05) is 13.2 Å². The average Bonchev–Trinajstić information content (AvgIpc) is 3.45. The highest BCUT2D eigenvalue weighted by atomic mass is 16.5. The fraction of sp³-hybridized carbons (Fsp3) is 0.357. The number of aromatic amines is 1. The Hall–Kier alpha value is -3.74. The summed E-state index contributed by atoms with van der Waals surface area (Å²) in [5.74, 6) is 1.85. The Morgan fingerprint density at radius 2 is 1.80 bits per heavy atom. The molecule has 0 fully saturated rings. The normalized spacial score (nSPS) is 14.0. The third-order valence-electron chi connectivity index (χ3n) is 6.64. The van der Waals surface area contributed by atoms with E-state index in [-0.39, 0.29) is 0 Å². The fourth-order valence-corrected chi connectivity index (χ4v) is 4.58. The number of carbonyl (C=O) groups is 1. The van der Waals surface area contributed by atoms with Crippen LogP contribution in [0.25, 0.3) is 22.4 Å². The summed E-state index contributed by atoms with van der Waals surface area (Å²) in [5.41, 5.74) is 4.65. The molecule has 1 atom stereocenters. The molecule has 2 aromatic heterocycles. The van der Waals surface area contributed by atoms with E-state index in [9.17, 15) is 9.90 Å². The Morgan fingerprint density at radius 3 is 2.54 bits per heavy atom. The summed E-state index contributed by atoms with van der Waals surface area (Å²) in [6.45, 7) is 4.68. The van der Waals surface area contributed by atoms with Crippen molar-refractivity contribution in [1.82, 2.24) is 9.97 Å². The van der Waals surface area contributed by atoms with Gasteiger partial charge < -0.3 is 24.0 Å². The van der Waals surface area contributed by atoms with E-state index in [1.54, 1.807) is 6.92 Å². The van der Waals surface area contributed by atoms with Gasteiger partial charge in [-0.1, -0.05) is 0 Å². The van der Waals surface area contributed by atoms with E-state index < -0.39 is 11.9 Å². The number of fused-ring (bicyclic) bond motifs is 2. The van der Waals surface area contributed by atoms with Gasteiger partial charge in [-0.3, -0.25) is 4.79 Å². The molecule has 0 spiro atoms. The first-order valence-electron chi connectivity index (χ1n) is 12.2. The van der Waals surface area contributed by atoms with E-state index in [4.69, 9.17) is 13.9 Å². The van der Waals surface area contributed by atoms with Crippen molar-refractivity contribution in [2.45, 2.75) is 51.9 Å². The molecule has 1 unspecified atom stereocenters. The summed E-state index contributed by atoms with van der Waals surface area (Å²) in [6.07, 6.45) is 5.08. The molecule has 182 valence electrons. The lowest BCUT2D eigenvalue weighted by Gasteiger charge is -2.09. The molecule has 0 radical (unpaired) electrons. The summed E-state index contributed by atoms with van der Waals surface area (Å²) < 4.78 is 17.7. The zero-order valence-electron chi connectivity index (χ0n) is 20.1. The third kappa shape index (κ3) is 4.90. The second-order valence-corrected chi connectivity index (χ2v) is 9.10. The van der Waals surface area contributed by atoms with Crippen LogP contribution in [-0.2, 0) is 17.6 Å². The third-order valence-corrected chi connectivity index (χ3v) is 6.64. The minimum atomic E-state index is -0.845. The van der Waals surface area contributed by atoms with Crippen LogP contribution in [0, 0.1) is 6.92 Å². The topological polar surface area (TPSA) is 97.6 Å². The highest BCUT2D eigenvalue weighted by Gasteiger charge is 2.20. The molecule has 0 bridgehead atoms. The molecule has 35 heavy (non-hydrogen) atoms. The van der Waals surface area contributed by atoms with Crippen molar-refractivity contribution in [3.05, 3.63) is 65.2 Å². The van der Waals surface area contributed by atoms with Gasteiger partial charge in [-0.05, 0) is 81.1 Å². The summed E-state index contributed by atoms with van der Waals surface area (Å²) in [4.78, 5) is 19.2. The largest absolute Gasteiger partial charge is 0.493 e. The Kier molecular flexibility index (Phi) is 6.49. The lowest BCUT2D eigenvalue weighted by molar-refractivity contribution is -0.138. The number of hydrogen-bond acceptors (Lipinski definition) is 5. The number of nitrogens with zero attached hydrogens (tertiary/aromatic N) is 1. The predicted octanol–water partition coefficient (Wildman–Crippen LogP) is 6.05. The average molecular weight is 475 g/mol. The number of aromatic nitrogens is 2. The highest BCUT2D eigenvalue weighted by Crippen LogP contribution is 2.31. The fourth-order valence-electron chi connectivity index (χ4n) is 4.58. The van der Waals surface area contributed by atoms with Crippen LogP contribution in [0.5, 0.6) is 11.5 Å². The molecule has 0 amide bonds. The molecule has 0 saturated carbocycles. The van der Waals surface area contributed by atoms with E-state index in [2.05, 4.69) is 9.97 Å². The van der Waals surface area contributed by atoms with Crippen molar-refractivity contribution >= 4 is 16.9 Å². The molecule has 2 N–H and O–H groups in total. The van der Waals surface area contributed by atoms with Crippen LogP contribution < -0.4 is 9.47 Å². The molecule has 4 aromatic rings. The maximum absolute atomic E-state index is 11.4. The van der Waals surface area contributed by atoms with Gasteiger partial charge in [0.05, 0.1) is 24.8 Å². The number of H-pyrrole nitrogens is 1. The number of aryl methyl sites for hydroxylation is 3. The summed E-state index contributed by atoms with van der Waals surface area (Å²) >= 11 is 0. The van der Waals surface area contributed by atoms with Gasteiger partial charge in [0.1, 0.15) is 17.3 Å². The van der Waals surface area contributed by atoms with E-state index in [0.717, 1.165) is 69.9 Å². The summed E-state index contributed by atoms with van der Waals surface area (Å²) in [5, 5.41) is 10.3. The Bertz CT molecular complexity index is 1310. The molecular weight excluding hydrogens is 444 g/mol. The Balaban J connectivity index is 1.12. The lowest BCUT2D eigenvalue weighted by atomic mass is 10.0. The molecule has 0 aliphatic heterocycles. The molecule has 1 aliphatic carbocycles. The molecule has 5 rings (SSSR count). The lowest BCUT2D eigenvalue weighted by Crippen LogP contribution is -2.08. The van der Waals surface area contributed by atoms with Crippen molar-refractivity contribution in [3.63, 3.8) is 0 Å². The standard InChI is InChI=1S/C28H30N2O5/c1-17-22-16-21(12-13-23(22)29-26(17)18(2)28(31)32)34-15-5-14-33-20-10-8-19(9-11-20)27-30-24-6-3-4-7-25(24)35-27/h8-13,16,18,29H,3-7,14-15H2,1-2H3,(H,31,32). The number of oxazole rings is 1. The number of benzene rings is 2. The van der Waals surface area contributed by atoms with Gasteiger partial charge in [0, 0.05) is 35.0 Å². The quantitative estimate of drug-likeness (QED) is 0.287. The SMILES string of the molecule is Cc1c(C(C)C(=O)O)[nH]c2ccc(OCCCOc3ccc(-c4nc5c(o4)CCCC5)cc3)cc12. The molecule has 2 aromatic carbocycles. The number of nitrogens with one attached hydrogen (secondary N) is 1. The maximum Gasteiger partial charge on any atom is 0.312 e. The van der Waals surface area contributed by atoms with Gasteiger partial charge >= 0.3 is 5.97 Å². The van der Waals surface area contributed by atoms with E-state index in [0.29, 0.717) is 19.1 Å². The molecule has 0 saturated heterocycles. The minimum absolute atomic E-state index is 0.521. The van der Waals surface area contributed by atoms with E-state index in [1.807, 2.05) is 49.4 Å². The smallest absolute Gasteiger partial charge is 0.312 e. The van der Waals surface area contributed by atoms with Crippen molar-refractivity contribution in [3.8, 4) is 23.0 Å². The summed E-state index contributed by atoms with van der Waals surface area (Å²) in [7, 11) is 0. The Labute approximate surface area is 204 Å². The van der Waals surface area contributed by atoms with Crippen LogP contribution in [0.3, 0.4) is 0 Å². The van der Waals surface area contributed by atoms with Crippen molar-refractivity contribution in [2.24, 2.45) is 0 Å². The molecule has 7 nitrogen and oxygen atoms in total. The van der Waals surface area contributed by atoms with E-state index in [1.165, 1.54) is 12.8 Å².